The van der Waals surface area contributed by atoms with E-state index in [0.717, 1.165) is 28.5 Å². The molecule has 250 valence electrons. The average molecular weight is 676 g/mol. The molecule has 0 bridgehead atoms. The largest absolute Gasteiger partial charge is 0.494 e. The number of amides is 1. The van der Waals surface area contributed by atoms with Crippen molar-refractivity contribution in [2.45, 2.75) is 51.5 Å². The Hall–Kier alpha value is -4.60. The van der Waals surface area contributed by atoms with Crippen molar-refractivity contribution in [3.63, 3.8) is 0 Å². The van der Waals surface area contributed by atoms with Crippen molar-refractivity contribution in [3.05, 3.63) is 153 Å². The first-order valence-corrected chi connectivity index (χ1v) is 16.0. The molecule has 5 rings (SSSR count). The molecule has 0 aliphatic rings. The van der Waals surface area contributed by atoms with Gasteiger partial charge in [-0.05, 0) is 60.7 Å². The summed E-state index contributed by atoms with van der Waals surface area (Å²) in [5, 5.41) is 6.36. The number of hydrogen-bond acceptors (Lipinski definition) is 5. The molecule has 0 saturated heterocycles. The molecule has 1 heterocycles. The van der Waals surface area contributed by atoms with Crippen LogP contribution in [0.3, 0.4) is 0 Å². The number of halogens is 4. The maximum Gasteiger partial charge on any atom is 0.417 e. The number of rotatable bonds is 14. The summed E-state index contributed by atoms with van der Waals surface area (Å²) in [5.41, 5.74) is 2.34. The first-order chi connectivity index (χ1) is 23.0. The molecule has 6 nitrogen and oxygen atoms in total. The molecule has 0 saturated carbocycles. The summed E-state index contributed by atoms with van der Waals surface area (Å²) in [6.45, 7) is 5.14. The molecular weight excluding hydrogens is 639 g/mol. The molecular formula is C38H37ClF3N3O3. The molecule has 10 heteroatoms. The summed E-state index contributed by atoms with van der Waals surface area (Å²) in [5.74, 6) is 1.04. The summed E-state index contributed by atoms with van der Waals surface area (Å²) in [7, 11) is 0. The minimum Gasteiger partial charge on any atom is -0.494 e. The standard InChI is InChI=1S/C38H37ClF3N3O3/c1-27-22-33(48-44-27)25-43-35(46)24-28-12-9-18-32(23-28)47-21-11-20-45(26-29-13-10-19-34(36(29)39)38(40,41)42)37(2,30-14-5-3-6-15-30)31-16-7-4-8-17-31/h3-10,12-19,22-23H,11,20-21,24-26H2,1-2H3,(H,43,46). The smallest absolute Gasteiger partial charge is 0.417 e. The summed E-state index contributed by atoms with van der Waals surface area (Å²) in [6.07, 6.45) is -3.84. The van der Waals surface area contributed by atoms with Gasteiger partial charge in [-0.25, -0.2) is 0 Å². The molecule has 0 spiro atoms. The van der Waals surface area contributed by atoms with Gasteiger partial charge in [-0.2, -0.15) is 13.2 Å². The van der Waals surface area contributed by atoms with Crippen LogP contribution in [0.25, 0.3) is 0 Å². The van der Waals surface area contributed by atoms with E-state index in [-0.39, 0.29) is 30.4 Å². The first kappa shape index (κ1) is 34.7. The van der Waals surface area contributed by atoms with Gasteiger partial charge >= 0.3 is 6.18 Å². The lowest BCUT2D eigenvalue weighted by molar-refractivity contribution is -0.137. The molecule has 0 unspecified atom stereocenters. The van der Waals surface area contributed by atoms with Crippen molar-refractivity contribution in [1.82, 2.24) is 15.4 Å². The van der Waals surface area contributed by atoms with Gasteiger partial charge in [0.1, 0.15) is 5.75 Å². The molecule has 1 aromatic heterocycles. The Labute approximate surface area is 283 Å². The summed E-state index contributed by atoms with van der Waals surface area (Å²) in [6, 6.07) is 33.0. The second-order valence-corrected chi connectivity index (χ2v) is 12.1. The third-order valence-corrected chi connectivity index (χ3v) is 8.74. The van der Waals surface area contributed by atoms with Crippen LogP contribution in [0.5, 0.6) is 5.75 Å². The zero-order valence-electron chi connectivity index (χ0n) is 26.8. The highest BCUT2D eigenvalue weighted by Gasteiger charge is 2.38. The molecule has 0 atom stereocenters. The Morgan fingerprint density at radius 1 is 0.917 bits per heavy atom. The third-order valence-electron chi connectivity index (χ3n) is 8.29. The predicted molar refractivity (Wildman–Crippen MR) is 180 cm³/mol. The van der Waals surface area contributed by atoms with Crippen LogP contribution in [0.2, 0.25) is 5.02 Å². The number of aromatic nitrogens is 1. The van der Waals surface area contributed by atoms with E-state index in [1.54, 1.807) is 12.1 Å². The molecule has 4 aromatic carbocycles. The van der Waals surface area contributed by atoms with Crippen LogP contribution >= 0.6 is 11.6 Å². The van der Waals surface area contributed by atoms with Crippen LogP contribution in [0.15, 0.2) is 114 Å². The van der Waals surface area contributed by atoms with Crippen molar-refractivity contribution in [2.24, 2.45) is 0 Å². The van der Waals surface area contributed by atoms with E-state index in [1.807, 2.05) is 91.9 Å². The minimum absolute atomic E-state index is 0.161. The number of alkyl halides is 3. The number of nitrogens with zero attached hydrogens (tertiary/aromatic N) is 2. The monoisotopic (exact) mass is 675 g/mol. The minimum atomic E-state index is -4.57. The second-order valence-electron chi connectivity index (χ2n) is 11.7. The van der Waals surface area contributed by atoms with Crippen molar-refractivity contribution in [1.29, 1.82) is 0 Å². The normalized spacial score (nSPS) is 11.9. The fourth-order valence-corrected chi connectivity index (χ4v) is 6.06. The number of ether oxygens (including phenoxy) is 1. The SMILES string of the molecule is Cc1cc(CNC(=O)Cc2cccc(OCCCN(Cc3cccc(C(F)(F)F)c3Cl)C(C)(c3ccccc3)c3ccccc3)c2)on1. The molecule has 5 aromatic rings. The van der Waals surface area contributed by atoms with Gasteiger partial charge in [0.2, 0.25) is 5.91 Å². The van der Waals surface area contributed by atoms with E-state index >= 15 is 0 Å². The van der Waals surface area contributed by atoms with Crippen LogP contribution in [-0.4, -0.2) is 29.1 Å². The highest BCUT2D eigenvalue weighted by Crippen LogP contribution is 2.40. The molecule has 1 N–H and O–H groups in total. The van der Waals surface area contributed by atoms with Gasteiger partial charge in [0.15, 0.2) is 5.76 Å². The predicted octanol–water partition coefficient (Wildman–Crippen LogP) is 8.75. The molecule has 0 aliphatic heterocycles. The fraction of sp³-hybridized carbons (Fsp3) is 0.263. The van der Waals surface area contributed by atoms with Crippen molar-refractivity contribution < 1.29 is 27.2 Å². The Kier molecular flexibility index (Phi) is 11.2. The van der Waals surface area contributed by atoms with Crippen molar-refractivity contribution >= 4 is 17.5 Å². The van der Waals surface area contributed by atoms with E-state index in [0.29, 0.717) is 36.6 Å². The van der Waals surface area contributed by atoms with Crippen molar-refractivity contribution in [2.75, 3.05) is 13.2 Å². The summed E-state index contributed by atoms with van der Waals surface area (Å²) in [4.78, 5) is 14.7. The Balaban J connectivity index is 1.32. The maximum atomic E-state index is 13.8. The zero-order valence-corrected chi connectivity index (χ0v) is 27.5. The van der Waals surface area contributed by atoms with Gasteiger partial charge in [0.05, 0.1) is 41.4 Å². The number of carbonyl (C=O) groups excluding carboxylic acids is 1. The molecule has 0 aliphatic carbocycles. The maximum absolute atomic E-state index is 13.8. The van der Waals surface area contributed by atoms with E-state index in [2.05, 4.69) is 22.3 Å². The Bertz CT molecular complexity index is 1760. The molecule has 48 heavy (non-hydrogen) atoms. The topological polar surface area (TPSA) is 67.6 Å². The van der Waals surface area contributed by atoms with Gasteiger partial charge < -0.3 is 14.6 Å². The van der Waals surface area contributed by atoms with Gasteiger partial charge in [-0.1, -0.05) is 102 Å². The van der Waals surface area contributed by atoms with Crippen LogP contribution in [-0.2, 0) is 36.0 Å². The number of aryl methyl sites for hydroxylation is 1. The third kappa shape index (κ3) is 8.65. The van der Waals surface area contributed by atoms with E-state index in [9.17, 15) is 18.0 Å². The van der Waals surface area contributed by atoms with E-state index < -0.39 is 17.3 Å². The lowest BCUT2D eigenvalue weighted by Crippen LogP contribution is -2.45. The van der Waals surface area contributed by atoms with Crippen molar-refractivity contribution in [3.8, 4) is 5.75 Å². The summed E-state index contributed by atoms with van der Waals surface area (Å²) >= 11 is 6.42. The van der Waals surface area contributed by atoms with Crippen LogP contribution in [0, 0.1) is 6.92 Å². The van der Waals surface area contributed by atoms with E-state index in [1.165, 1.54) is 6.07 Å². The van der Waals surface area contributed by atoms with Gasteiger partial charge in [-0.15, -0.1) is 0 Å². The molecule has 1 amide bonds. The lowest BCUT2D eigenvalue weighted by Gasteiger charge is -2.43. The Morgan fingerprint density at radius 2 is 1.58 bits per heavy atom. The quantitative estimate of drug-likeness (QED) is 0.119. The van der Waals surface area contributed by atoms with Gasteiger partial charge in [-0.3, -0.25) is 9.69 Å². The summed E-state index contributed by atoms with van der Waals surface area (Å²) < 4.78 is 52.7. The lowest BCUT2D eigenvalue weighted by atomic mass is 9.82. The molecule has 0 radical (unpaired) electrons. The van der Waals surface area contributed by atoms with Crippen LogP contribution in [0.1, 0.15) is 52.6 Å². The second kappa shape index (κ2) is 15.5. The van der Waals surface area contributed by atoms with E-state index in [4.69, 9.17) is 20.9 Å². The number of nitrogens with one attached hydrogen (secondary N) is 1. The van der Waals surface area contributed by atoms with Gasteiger partial charge in [0.25, 0.3) is 0 Å². The van der Waals surface area contributed by atoms with Crippen LogP contribution in [0.4, 0.5) is 13.2 Å². The number of benzene rings is 4. The highest BCUT2D eigenvalue weighted by atomic mass is 35.5. The Morgan fingerprint density at radius 3 is 2.21 bits per heavy atom. The molecule has 0 fully saturated rings. The zero-order chi connectivity index (χ0) is 34.1. The fourth-order valence-electron chi connectivity index (χ4n) is 5.77. The van der Waals surface area contributed by atoms with Crippen LogP contribution < -0.4 is 10.1 Å². The number of hydrogen-bond donors (Lipinski definition) is 1. The average Bonchev–Trinajstić information content (AvgIpc) is 3.51. The number of carbonyl (C=O) groups is 1. The van der Waals surface area contributed by atoms with Gasteiger partial charge in [0, 0.05) is 19.2 Å². The first-order valence-electron chi connectivity index (χ1n) is 15.7. The highest BCUT2D eigenvalue weighted by molar-refractivity contribution is 6.32.